The lowest BCUT2D eigenvalue weighted by Gasteiger charge is -2.20. The highest BCUT2D eigenvalue weighted by Crippen LogP contribution is 2.30. The molecule has 1 fully saturated rings. The number of hydrogen-bond acceptors (Lipinski definition) is 2. The van der Waals surface area contributed by atoms with Crippen molar-refractivity contribution in [3.8, 4) is 0 Å². The maximum atomic E-state index is 11.7. The van der Waals surface area contributed by atoms with Crippen molar-refractivity contribution in [3.63, 3.8) is 0 Å². The fourth-order valence-corrected chi connectivity index (χ4v) is 2.34. The maximum Gasteiger partial charge on any atom is 0.140 e. The van der Waals surface area contributed by atoms with E-state index in [0.29, 0.717) is 5.78 Å². The quantitative estimate of drug-likeness (QED) is 0.770. The van der Waals surface area contributed by atoms with Gasteiger partial charge in [0.25, 0.3) is 0 Å². The average Bonchev–Trinajstić information content (AvgIpc) is 2.18. The minimum Gasteiger partial charge on any atom is -0.299 e. The van der Waals surface area contributed by atoms with Gasteiger partial charge < -0.3 is 0 Å². The molecule has 1 atom stereocenters. The number of carbonyl (C=O) groups is 1. The monoisotopic (exact) mass is 253 g/mol. The number of carbonyl (C=O) groups excluding carboxylic acids is 1. The van der Waals surface area contributed by atoms with Crippen LogP contribution in [0.2, 0.25) is 0 Å². The maximum absolute atomic E-state index is 11.7. The van der Waals surface area contributed by atoms with Gasteiger partial charge in [-0.15, -0.1) is 0 Å². The summed E-state index contributed by atoms with van der Waals surface area (Å²) in [4.78, 5) is 15.8. The molecule has 1 saturated carbocycles. The summed E-state index contributed by atoms with van der Waals surface area (Å²) in [6.45, 7) is 0. The van der Waals surface area contributed by atoms with Gasteiger partial charge >= 0.3 is 0 Å². The molecule has 0 amide bonds. The predicted octanol–water partition coefficient (Wildman–Crippen LogP) is 3.07. The fraction of sp³-hybridized carbons (Fsp3) is 0.455. The van der Waals surface area contributed by atoms with Gasteiger partial charge in [0.2, 0.25) is 0 Å². The van der Waals surface area contributed by atoms with E-state index in [2.05, 4.69) is 20.9 Å². The first-order chi connectivity index (χ1) is 6.77. The van der Waals surface area contributed by atoms with E-state index in [4.69, 9.17) is 0 Å². The van der Waals surface area contributed by atoms with E-state index in [1.54, 1.807) is 12.4 Å². The van der Waals surface area contributed by atoms with Gasteiger partial charge in [0.05, 0.1) is 0 Å². The molecule has 0 bridgehead atoms. The molecule has 1 aliphatic rings. The third kappa shape index (κ3) is 2.03. The van der Waals surface area contributed by atoms with Crippen LogP contribution in [0.4, 0.5) is 0 Å². The van der Waals surface area contributed by atoms with Crippen molar-refractivity contribution in [2.45, 2.75) is 31.6 Å². The van der Waals surface area contributed by atoms with Crippen LogP contribution < -0.4 is 0 Å². The molecule has 1 heterocycles. The Hall–Kier alpha value is -0.700. The summed E-state index contributed by atoms with van der Waals surface area (Å²) in [5.74, 6) is 0.463. The van der Waals surface area contributed by atoms with E-state index in [0.717, 1.165) is 35.7 Å². The minimum absolute atomic E-state index is 0.0914. The second-order valence-corrected chi connectivity index (χ2v) is 4.62. The fourth-order valence-electron chi connectivity index (χ4n) is 1.95. The van der Waals surface area contributed by atoms with Gasteiger partial charge in [0.1, 0.15) is 5.78 Å². The van der Waals surface area contributed by atoms with Crippen molar-refractivity contribution in [1.29, 1.82) is 0 Å². The van der Waals surface area contributed by atoms with Crippen molar-refractivity contribution in [2.75, 3.05) is 0 Å². The summed E-state index contributed by atoms with van der Waals surface area (Å²) in [6, 6.07) is 2.00. The molecule has 0 radical (unpaired) electrons. The molecule has 0 saturated heterocycles. The van der Waals surface area contributed by atoms with Crippen LogP contribution in [0.5, 0.6) is 0 Å². The number of ketones is 1. The second kappa shape index (κ2) is 4.22. The van der Waals surface area contributed by atoms with E-state index in [9.17, 15) is 4.79 Å². The first-order valence-electron chi connectivity index (χ1n) is 4.90. The molecule has 1 aromatic rings. The molecule has 2 nitrogen and oxygen atoms in total. The first-order valence-corrected chi connectivity index (χ1v) is 5.70. The smallest absolute Gasteiger partial charge is 0.140 e. The Morgan fingerprint density at radius 1 is 1.36 bits per heavy atom. The predicted molar refractivity (Wildman–Crippen MR) is 58.2 cm³/mol. The topological polar surface area (TPSA) is 30.0 Å². The van der Waals surface area contributed by atoms with Crippen molar-refractivity contribution >= 4 is 21.7 Å². The second-order valence-electron chi connectivity index (χ2n) is 3.70. The molecular weight excluding hydrogens is 242 g/mol. The molecule has 74 valence electrons. The number of aromatic nitrogens is 1. The lowest BCUT2D eigenvalue weighted by atomic mass is 9.84. The Labute approximate surface area is 91.9 Å². The highest BCUT2D eigenvalue weighted by molar-refractivity contribution is 9.10. The zero-order valence-electron chi connectivity index (χ0n) is 7.87. The zero-order valence-corrected chi connectivity index (χ0v) is 9.46. The van der Waals surface area contributed by atoms with Crippen LogP contribution in [-0.4, -0.2) is 10.8 Å². The van der Waals surface area contributed by atoms with Crippen LogP contribution in [0, 0.1) is 0 Å². The van der Waals surface area contributed by atoms with Gasteiger partial charge in [-0.2, -0.15) is 0 Å². The lowest BCUT2D eigenvalue weighted by molar-refractivity contribution is -0.121. The van der Waals surface area contributed by atoms with E-state index in [1.165, 1.54) is 0 Å². The molecule has 0 aliphatic heterocycles. The largest absolute Gasteiger partial charge is 0.299 e. The summed E-state index contributed by atoms with van der Waals surface area (Å²) < 4.78 is 0.952. The van der Waals surface area contributed by atoms with Crippen LogP contribution in [0.15, 0.2) is 22.9 Å². The minimum atomic E-state index is 0.0914. The normalized spacial score (nSPS) is 22.4. The molecule has 1 aliphatic carbocycles. The molecule has 3 heteroatoms. The Morgan fingerprint density at radius 2 is 2.21 bits per heavy atom. The van der Waals surface area contributed by atoms with Crippen LogP contribution >= 0.6 is 15.9 Å². The molecule has 1 unspecified atom stereocenters. The summed E-state index contributed by atoms with van der Waals surface area (Å²) in [6.07, 6.45) is 7.48. The van der Waals surface area contributed by atoms with Crippen LogP contribution in [-0.2, 0) is 4.79 Å². The summed E-state index contributed by atoms with van der Waals surface area (Å²) in [5, 5.41) is 0. The Bertz CT molecular complexity index is 351. The van der Waals surface area contributed by atoms with Crippen molar-refractivity contribution < 1.29 is 4.79 Å². The van der Waals surface area contributed by atoms with Crippen molar-refractivity contribution in [3.05, 3.63) is 28.5 Å². The number of hydrogen-bond donors (Lipinski definition) is 0. The highest BCUT2D eigenvalue weighted by Gasteiger charge is 2.23. The SMILES string of the molecule is O=C1CCCCC1c1cncc(Br)c1. The zero-order chi connectivity index (χ0) is 9.97. The van der Waals surface area contributed by atoms with Crippen LogP contribution in [0.3, 0.4) is 0 Å². The van der Waals surface area contributed by atoms with Gasteiger partial charge in [0.15, 0.2) is 0 Å². The highest BCUT2D eigenvalue weighted by atomic mass is 79.9. The Kier molecular flexibility index (Phi) is 2.96. The van der Waals surface area contributed by atoms with Crippen LogP contribution in [0.1, 0.15) is 37.2 Å². The van der Waals surface area contributed by atoms with Crippen LogP contribution in [0.25, 0.3) is 0 Å². The van der Waals surface area contributed by atoms with Crippen molar-refractivity contribution in [1.82, 2.24) is 4.98 Å². The molecule has 1 aromatic heterocycles. The number of halogens is 1. The van der Waals surface area contributed by atoms with Gasteiger partial charge in [-0.3, -0.25) is 9.78 Å². The molecule has 0 aromatic carbocycles. The van der Waals surface area contributed by atoms with E-state index in [1.807, 2.05) is 6.07 Å². The average molecular weight is 254 g/mol. The van der Waals surface area contributed by atoms with Gasteiger partial charge in [-0.25, -0.2) is 0 Å². The van der Waals surface area contributed by atoms with Gasteiger partial charge in [0, 0.05) is 29.2 Å². The Balaban J connectivity index is 2.24. The standard InChI is InChI=1S/C11H12BrNO/c12-9-5-8(6-13-7-9)10-3-1-2-4-11(10)14/h5-7,10H,1-4H2. The first kappa shape index (κ1) is 9.84. The van der Waals surface area contributed by atoms with Gasteiger partial charge in [-0.1, -0.05) is 6.42 Å². The van der Waals surface area contributed by atoms with Gasteiger partial charge in [-0.05, 0) is 40.4 Å². The molecule has 0 spiro atoms. The molecule has 2 rings (SSSR count). The third-order valence-corrected chi connectivity index (χ3v) is 3.12. The summed E-state index contributed by atoms with van der Waals surface area (Å²) in [5.41, 5.74) is 1.06. The molecular formula is C11H12BrNO. The van der Waals surface area contributed by atoms with E-state index < -0.39 is 0 Å². The molecule has 14 heavy (non-hydrogen) atoms. The van der Waals surface area contributed by atoms with Crippen molar-refractivity contribution in [2.24, 2.45) is 0 Å². The number of nitrogens with zero attached hydrogens (tertiary/aromatic N) is 1. The Morgan fingerprint density at radius 3 is 2.93 bits per heavy atom. The third-order valence-electron chi connectivity index (χ3n) is 2.68. The molecule has 0 N–H and O–H groups in total. The lowest BCUT2D eigenvalue weighted by Crippen LogP contribution is -2.17. The van der Waals surface area contributed by atoms with E-state index in [-0.39, 0.29) is 5.92 Å². The summed E-state index contributed by atoms with van der Waals surface area (Å²) in [7, 11) is 0. The van der Waals surface area contributed by atoms with E-state index >= 15 is 0 Å². The number of Topliss-reactive ketones (excluding diaryl/α,β-unsaturated/α-hetero) is 1. The summed E-state index contributed by atoms with van der Waals surface area (Å²) >= 11 is 3.37. The number of pyridine rings is 1. The number of rotatable bonds is 1.